The van der Waals surface area contributed by atoms with Gasteiger partial charge in [0.2, 0.25) is 0 Å². The van der Waals surface area contributed by atoms with Crippen LogP contribution in [0.3, 0.4) is 0 Å². The summed E-state index contributed by atoms with van der Waals surface area (Å²) in [6.45, 7) is 3.77. The Hall–Kier alpha value is -0.340. The monoisotopic (exact) mass is 196 g/mol. The van der Waals surface area contributed by atoms with Gasteiger partial charge in [-0.05, 0) is 50.4 Å². The second-order valence-electron chi connectivity index (χ2n) is 4.91. The van der Waals surface area contributed by atoms with E-state index in [0.29, 0.717) is 23.7 Å². The van der Waals surface area contributed by atoms with Gasteiger partial charge in [0.25, 0.3) is 0 Å². The summed E-state index contributed by atoms with van der Waals surface area (Å²) in [5.74, 6) is 1.81. The third-order valence-electron chi connectivity index (χ3n) is 4.07. The zero-order valence-electron chi connectivity index (χ0n) is 8.93. The van der Waals surface area contributed by atoms with Gasteiger partial charge in [0.15, 0.2) is 0 Å². The summed E-state index contributed by atoms with van der Waals surface area (Å²) < 4.78 is 0. The molecule has 0 spiro atoms. The lowest BCUT2D eigenvalue weighted by atomic mass is 9.52. The number of hydrogen-bond donors (Lipinski definition) is 2. The second kappa shape index (κ2) is 3.67. The number of rotatable bonds is 2. The van der Waals surface area contributed by atoms with Crippen LogP contribution >= 0.6 is 0 Å². The van der Waals surface area contributed by atoms with Crippen LogP contribution in [0.15, 0.2) is 12.2 Å². The van der Waals surface area contributed by atoms with Crippen molar-refractivity contribution in [2.75, 3.05) is 0 Å². The molecule has 2 unspecified atom stereocenters. The molecular formula is C12H20O2. The summed E-state index contributed by atoms with van der Waals surface area (Å²) in [6, 6.07) is 0. The maximum absolute atomic E-state index is 9.69. The second-order valence-corrected chi connectivity index (χ2v) is 4.91. The first-order chi connectivity index (χ1) is 6.63. The fraction of sp³-hybridized carbons (Fsp3) is 0.833. The largest absolute Gasteiger partial charge is 0.393 e. The van der Waals surface area contributed by atoms with E-state index in [9.17, 15) is 10.2 Å². The van der Waals surface area contributed by atoms with Crippen molar-refractivity contribution < 1.29 is 10.2 Å². The van der Waals surface area contributed by atoms with Gasteiger partial charge in [0, 0.05) is 0 Å². The molecule has 1 fully saturated rings. The highest BCUT2D eigenvalue weighted by Gasteiger charge is 2.53. The Labute approximate surface area is 85.6 Å². The van der Waals surface area contributed by atoms with E-state index in [-0.39, 0.29) is 12.2 Å². The highest BCUT2D eigenvalue weighted by molar-refractivity contribution is 5.09. The number of allylic oxidation sites excluding steroid dienone is 2. The molecule has 0 aromatic carbocycles. The van der Waals surface area contributed by atoms with Crippen molar-refractivity contribution in [3.05, 3.63) is 12.2 Å². The molecule has 3 rings (SSSR count). The van der Waals surface area contributed by atoms with Gasteiger partial charge in [-0.2, -0.15) is 0 Å². The van der Waals surface area contributed by atoms with Crippen molar-refractivity contribution in [2.45, 2.75) is 38.9 Å². The van der Waals surface area contributed by atoms with Gasteiger partial charge in [-0.25, -0.2) is 0 Å². The number of aliphatic hydroxyl groups is 2. The fourth-order valence-electron chi connectivity index (χ4n) is 3.57. The molecule has 2 heteroatoms. The molecular weight excluding hydrogens is 176 g/mol. The molecule has 2 nitrogen and oxygen atoms in total. The molecule has 80 valence electrons. The van der Waals surface area contributed by atoms with Gasteiger partial charge in [-0.1, -0.05) is 12.2 Å². The molecule has 0 saturated heterocycles. The Bertz CT molecular complexity index is 200. The quantitative estimate of drug-likeness (QED) is 0.658. The Morgan fingerprint density at radius 1 is 0.929 bits per heavy atom. The Kier molecular flexibility index (Phi) is 2.67. The zero-order chi connectivity index (χ0) is 10.3. The number of fused-ring (bicyclic) bond motifs is 2. The first kappa shape index (κ1) is 10.2. The standard InChI is InChI=1S/C12H20O2/c1-7(13)11-9-5-3-4-6-10(11)12(9)8(2)14/h3-4,7-14H,5-6H2,1-2H3/t7-,8+,9?,10?,11?,12?. The van der Waals surface area contributed by atoms with E-state index in [1.54, 1.807) is 0 Å². The minimum absolute atomic E-state index is 0.222. The lowest BCUT2D eigenvalue weighted by Gasteiger charge is -2.54. The van der Waals surface area contributed by atoms with Crippen molar-refractivity contribution in [2.24, 2.45) is 23.7 Å². The van der Waals surface area contributed by atoms with Crippen molar-refractivity contribution in [1.29, 1.82) is 0 Å². The molecule has 3 aliphatic carbocycles. The third kappa shape index (κ3) is 1.41. The van der Waals surface area contributed by atoms with Crippen LogP contribution in [0.2, 0.25) is 0 Å². The summed E-state index contributed by atoms with van der Waals surface area (Å²) in [5.41, 5.74) is 0. The molecule has 0 aromatic rings. The predicted molar refractivity (Wildman–Crippen MR) is 55.7 cm³/mol. The van der Waals surface area contributed by atoms with Crippen LogP contribution < -0.4 is 0 Å². The van der Waals surface area contributed by atoms with Crippen LogP contribution in [-0.2, 0) is 0 Å². The molecule has 3 aliphatic rings. The van der Waals surface area contributed by atoms with Crippen LogP contribution in [0.5, 0.6) is 0 Å². The average Bonchev–Trinajstić information content (AvgIpc) is 2.33. The topological polar surface area (TPSA) is 40.5 Å². The Morgan fingerprint density at radius 3 is 1.57 bits per heavy atom. The summed E-state index contributed by atoms with van der Waals surface area (Å²) in [6.07, 6.45) is 6.04. The van der Waals surface area contributed by atoms with E-state index in [1.165, 1.54) is 0 Å². The Morgan fingerprint density at radius 2 is 1.29 bits per heavy atom. The van der Waals surface area contributed by atoms with Crippen molar-refractivity contribution >= 4 is 0 Å². The summed E-state index contributed by atoms with van der Waals surface area (Å²) in [7, 11) is 0. The van der Waals surface area contributed by atoms with Gasteiger partial charge in [0.1, 0.15) is 0 Å². The average molecular weight is 196 g/mol. The minimum Gasteiger partial charge on any atom is -0.393 e. The summed E-state index contributed by atoms with van der Waals surface area (Å²) in [4.78, 5) is 0. The first-order valence-electron chi connectivity index (χ1n) is 5.64. The maximum atomic E-state index is 9.69. The van der Waals surface area contributed by atoms with E-state index >= 15 is 0 Å². The molecule has 0 amide bonds. The van der Waals surface area contributed by atoms with Crippen LogP contribution in [0.1, 0.15) is 26.7 Å². The SMILES string of the molecule is C[C@H](O)C1C2CC=CCC1C2[C@@H](C)O. The van der Waals surface area contributed by atoms with Crippen molar-refractivity contribution in [1.82, 2.24) is 0 Å². The van der Waals surface area contributed by atoms with Gasteiger partial charge in [-0.3, -0.25) is 0 Å². The zero-order valence-corrected chi connectivity index (χ0v) is 8.93. The summed E-state index contributed by atoms with van der Waals surface area (Å²) in [5, 5.41) is 19.4. The van der Waals surface area contributed by atoms with Gasteiger partial charge in [-0.15, -0.1) is 0 Å². The smallest absolute Gasteiger partial charge is 0.0546 e. The molecule has 0 aliphatic heterocycles. The lowest BCUT2D eigenvalue weighted by Crippen LogP contribution is -2.54. The van der Waals surface area contributed by atoms with Gasteiger partial charge >= 0.3 is 0 Å². The van der Waals surface area contributed by atoms with Crippen molar-refractivity contribution in [3.63, 3.8) is 0 Å². The minimum atomic E-state index is -0.222. The first-order valence-corrected chi connectivity index (χ1v) is 5.64. The molecule has 1 saturated carbocycles. The number of hydrogen-bond acceptors (Lipinski definition) is 2. The molecule has 0 aromatic heterocycles. The molecule has 2 N–H and O–H groups in total. The molecule has 2 bridgehead atoms. The maximum Gasteiger partial charge on any atom is 0.0546 e. The highest BCUT2D eigenvalue weighted by Crippen LogP contribution is 2.54. The van der Waals surface area contributed by atoms with Crippen molar-refractivity contribution in [3.8, 4) is 0 Å². The van der Waals surface area contributed by atoms with E-state index in [2.05, 4.69) is 12.2 Å². The van der Waals surface area contributed by atoms with Crippen LogP contribution in [0, 0.1) is 23.7 Å². The Balaban J connectivity index is 2.14. The molecule has 0 radical (unpaired) electrons. The van der Waals surface area contributed by atoms with E-state index < -0.39 is 0 Å². The van der Waals surface area contributed by atoms with Gasteiger partial charge < -0.3 is 10.2 Å². The van der Waals surface area contributed by atoms with Crippen LogP contribution in [0.4, 0.5) is 0 Å². The third-order valence-corrected chi connectivity index (χ3v) is 4.07. The molecule has 0 heterocycles. The highest BCUT2D eigenvalue weighted by atomic mass is 16.3. The fourth-order valence-corrected chi connectivity index (χ4v) is 3.57. The van der Waals surface area contributed by atoms with E-state index in [4.69, 9.17) is 0 Å². The van der Waals surface area contributed by atoms with Gasteiger partial charge in [0.05, 0.1) is 12.2 Å². The molecule has 14 heavy (non-hydrogen) atoms. The summed E-state index contributed by atoms with van der Waals surface area (Å²) >= 11 is 0. The van der Waals surface area contributed by atoms with Crippen LogP contribution in [0.25, 0.3) is 0 Å². The molecule has 4 atom stereocenters. The lowest BCUT2D eigenvalue weighted by molar-refractivity contribution is -0.128. The van der Waals surface area contributed by atoms with E-state index in [1.807, 2.05) is 13.8 Å². The number of aliphatic hydroxyl groups excluding tert-OH is 2. The predicted octanol–water partition coefficient (Wildman–Crippen LogP) is 1.58. The van der Waals surface area contributed by atoms with E-state index in [0.717, 1.165) is 12.8 Å². The normalized spacial score (nSPS) is 45.1. The van der Waals surface area contributed by atoms with Crippen LogP contribution in [-0.4, -0.2) is 22.4 Å².